The SMILES string of the molecule is Cc1onc(-c2ccccc2)c1-c1nnc(CN2CCc3c(nc(C(C)C)n3C)C2)o1. The highest BCUT2D eigenvalue weighted by Crippen LogP contribution is 2.33. The van der Waals surface area contributed by atoms with Crippen molar-refractivity contribution in [1.82, 2.24) is 29.8 Å². The van der Waals surface area contributed by atoms with Crippen LogP contribution in [0.15, 0.2) is 39.3 Å². The molecule has 4 heterocycles. The molecule has 0 bridgehead atoms. The summed E-state index contributed by atoms with van der Waals surface area (Å²) in [5.41, 5.74) is 4.90. The molecule has 8 heteroatoms. The Morgan fingerprint density at radius 2 is 1.94 bits per heavy atom. The van der Waals surface area contributed by atoms with Crippen LogP contribution in [0, 0.1) is 6.92 Å². The van der Waals surface area contributed by atoms with Gasteiger partial charge in [0.1, 0.15) is 22.8 Å². The van der Waals surface area contributed by atoms with Crippen LogP contribution < -0.4 is 0 Å². The van der Waals surface area contributed by atoms with Crippen LogP contribution in [0.5, 0.6) is 0 Å². The van der Waals surface area contributed by atoms with Crippen molar-refractivity contribution in [3.05, 3.63) is 59.2 Å². The fraction of sp³-hybridized carbons (Fsp3) is 0.391. The highest BCUT2D eigenvalue weighted by molar-refractivity contribution is 5.77. The molecule has 0 saturated carbocycles. The van der Waals surface area contributed by atoms with Crippen molar-refractivity contribution >= 4 is 0 Å². The summed E-state index contributed by atoms with van der Waals surface area (Å²) < 4.78 is 13.7. The van der Waals surface area contributed by atoms with Gasteiger partial charge in [-0.1, -0.05) is 49.3 Å². The van der Waals surface area contributed by atoms with Gasteiger partial charge in [-0.05, 0) is 6.92 Å². The maximum atomic E-state index is 6.04. The minimum Gasteiger partial charge on any atom is -0.419 e. The number of aryl methyl sites for hydroxylation is 1. The molecule has 4 aromatic rings. The van der Waals surface area contributed by atoms with Crippen LogP contribution in [0.4, 0.5) is 0 Å². The van der Waals surface area contributed by atoms with Crippen molar-refractivity contribution in [3.63, 3.8) is 0 Å². The predicted molar refractivity (Wildman–Crippen MR) is 115 cm³/mol. The van der Waals surface area contributed by atoms with Gasteiger partial charge in [0, 0.05) is 43.7 Å². The average Bonchev–Trinajstić information content (AvgIpc) is 3.46. The molecular weight excluding hydrogens is 392 g/mol. The molecule has 1 aromatic carbocycles. The van der Waals surface area contributed by atoms with Crippen LogP contribution in [-0.2, 0) is 26.6 Å². The molecule has 1 aliphatic heterocycles. The first-order chi connectivity index (χ1) is 15.0. The standard InChI is InChI=1S/C23H26N6O2/c1-14(2)22-24-17-12-29(11-10-18(17)28(22)4)13-19-25-26-23(30-19)20-15(3)31-27-21(20)16-8-6-5-7-9-16/h5-9,14H,10-13H2,1-4H3. The minimum atomic E-state index is 0.410. The van der Waals surface area contributed by atoms with E-state index in [1.165, 1.54) is 5.69 Å². The molecule has 0 saturated heterocycles. The van der Waals surface area contributed by atoms with Gasteiger partial charge in [0.15, 0.2) is 0 Å². The Morgan fingerprint density at radius 3 is 2.71 bits per heavy atom. The van der Waals surface area contributed by atoms with E-state index in [9.17, 15) is 0 Å². The highest BCUT2D eigenvalue weighted by atomic mass is 16.5. The molecule has 1 aliphatic rings. The highest BCUT2D eigenvalue weighted by Gasteiger charge is 2.26. The van der Waals surface area contributed by atoms with Crippen molar-refractivity contribution in [3.8, 4) is 22.7 Å². The average molecular weight is 419 g/mol. The third kappa shape index (κ3) is 3.57. The van der Waals surface area contributed by atoms with E-state index < -0.39 is 0 Å². The van der Waals surface area contributed by atoms with E-state index in [0.717, 1.165) is 42.2 Å². The molecule has 0 amide bonds. The summed E-state index contributed by atoms with van der Waals surface area (Å²) >= 11 is 0. The number of benzene rings is 1. The van der Waals surface area contributed by atoms with Gasteiger partial charge in [-0.15, -0.1) is 10.2 Å². The molecule has 0 fully saturated rings. The molecule has 3 aromatic heterocycles. The Bertz CT molecular complexity index is 1200. The van der Waals surface area contributed by atoms with Crippen LogP contribution in [-0.4, -0.2) is 36.3 Å². The molecular formula is C23H26N6O2. The lowest BCUT2D eigenvalue weighted by atomic mass is 10.1. The largest absolute Gasteiger partial charge is 0.419 e. The van der Waals surface area contributed by atoms with Crippen LogP contribution in [0.1, 0.15) is 48.6 Å². The fourth-order valence-corrected chi connectivity index (χ4v) is 4.28. The maximum Gasteiger partial charge on any atom is 0.253 e. The van der Waals surface area contributed by atoms with Gasteiger partial charge in [0.05, 0.1) is 12.2 Å². The number of aromatic nitrogens is 5. The van der Waals surface area contributed by atoms with Crippen molar-refractivity contribution < 1.29 is 8.94 Å². The zero-order valence-electron chi connectivity index (χ0n) is 18.3. The summed E-state index contributed by atoms with van der Waals surface area (Å²) in [6, 6.07) is 9.88. The fourth-order valence-electron chi connectivity index (χ4n) is 4.28. The lowest BCUT2D eigenvalue weighted by molar-refractivity contribution is 0.217. The number of imidazole rings is 1. The number of rotatable bonds is 5. The Labute approximate surface area is 180 Å². The molecule has 5 rings (SSSR count). The van der Waals surface area contributed by atoms with E-state index in [1.54, 1.807) is 0 Å². The molecule has 0 N–H and O–H groups in total. The third-order valence-corrected chi connectivity index (χ3v) is 5.84. The Hall–Kier alpha value is -3.26. The van der Waals surface area contributed by atoms with Crippen LogP contribution in [0.25, 0.3) is 22.7 Å². The molecule has 0 atom stereocenters. The van der Waals surface area contributed by atoms with Gasteiger partial charge in [-0.25, -0.2) is 4.98 Å². The van der Waals surface area contributed by atoms with Gasteiger partial charge in [0.25, 0.3) is 5.89 Å². The van der Waals surface area contributed by atoms with E-state index in [-0.39, 0.29) is 0 Å². The van der Waals surface area contributed by atoms with Gasteiger partial charge < -0.3 is 13.5 Å². The summed E-state index contributed by atoms with van der Waals surface area (Å²) in [4.78, 5) is 7.18. The first-order valence-corrected chi connectivity index (χ1v) is 10.6. The molecule has 0 radical (unpaired) electrons. The molecule has 8 nitrogen and oxygen atoms in total. The monoisotopic (exact) mass is 418 g/mol. The van der Waals surface area contributed by atoms with E-state index in [0.29, 0.717) is 35.7 Å². The smallest absolute Gasteiger partial charge is 0.253 e. The lowest BCUT2D eigenvalue weighted by Crippen LogP contribution is -2.30. The van der Waals surface area contributed by atoms with Crippen molar-refractivity contribution in [1.29, 1.82) is 0 Å². The van der Waals surface area contributed by atoms with Gasteiger partial charge in [-0.3, -0.25) is 4.90 Å². The van der Waals surface area contributed by atoms with E-state index in [4.69, 9.17) is 13.9 Å². The molecule has 0 spiro atoms. The summed E-state index contributed by atoms with van der Waals surface area (Å²) in [5, 5.41) is 12.8. The van der Waals surface area contributed by atoms with Crippen LogP contribution in [0.2, 0.25) is 0 Å². The van der Waals surface area contributed by atoms with Crippen LogP contribution in [0.3, 0.4) is 0 Å². The normalized spacial score (nSPS) is 14.4. The predicted octanol–water partition coefficient (Wildman–Crippen LogP) is 4.12. The zero-order chi connectivity index (χ0) is 21.5. The number of fused-ring (bicyclic) bond motifs is 1. The van der Waals surface area contributed by atoms with E-state index >= 15 is 0 Å². The summed E-state index contributed by atoms with van der Waals surface area (Å²) in [7, 11) is 2.12. The summed E-state index contributed by atoms with van der Waals surface area (Å²) in [6.07, 6.45) is 0.968. The van der Waals surface area contributed by atoms with Gasteiger partial charge in [-0.2, -0.15) is 0 Å². The second-order valence-corrected chi connectivity index (χ2v) is 8.37. The summed E-state index contributed by atoms with van der Waals surface area (Å²) in [5.74, 6) is 3.23. The van der Waals surface area contributed by atoms with Crippen molar-refractivity contribution in [2.45, 2.75) is 46.2 Å². The Balaban J connectivity index is 1.36. The van der Waals surface area contributed by atoms with E-state index in [2.05, 4.69) is 45.7 Å². The molecule has 160 valence electrons. The van der Waals surface area contributed by atoms with Crippen LogP contribution >= 0.6 is 0 Å². The lowest BCUT2D eigenvalue weighted by Gasteiger charge is -2.25. The topological polar surface area (TPSA) is 86.0 Å². The zero-order valence-corrected chi connectivity index (χ0v) is 18.3. The first kappa shape index (κ1) is 19.7. The number of nitrogens with zero attached hydrogens (tertiary/aromatic N) is 6. The molecule has 0 unspecified atom stereocenters. The van der Waals surface area contributed by atoms with Gasteiger partial charge >= 0.3 is 0 Å². The van der Waals surface area contributed by atoms with E-state index in [1.807, 2.05) is 37.3 Å². The second kappa shape index (κ2) is 7.77. The van der Waals surface area contributed by atoms with Crippen molar-refractivity contribution in [2.75, 3.05) is 6.54 Å². The minimum absolute atomic E-state index is 0.410. The van der Waals surface area contributed by atoms with Crippen molar-refractivity contribution in [2.24, 2.45) is 7.05 Å². The number of hydrogen-bond donors (Lipinski definition) is 0. The number of hydrogen-bond acceptors (Lipinski definition) is 7. The molecule has 0 aliphatic carbocycles. The Morgan fingerprint density at radius 1 is 1.13 bits per heavy atom. The first-order valence-electron chi connectivity index (χ1n) is 10.6. The summed E-state index contributed by atoms with van der Waals surface area (Å²) in [6.45, 7) is 8.53. The van der Waals surface area contributed by atoms with Gasteiger partial charge in [0.2, 0.25) is 5.89 Å². The maximum absolute atomic E-state index is 6.04. The second-order valence-electron chi connectivity index (χ2n) is 8.37. The Kier molecular flexibility index (Phi) is 4.94. The molecule has 31 heavy (non-hydrogen) atoms. The third-order valence-electron chi connectivity index (χ3n) is 5.84. The quantitative estimate of drug-likeness (QED) is 0.482.